The van der Waals surface area contributed by atoms with E-state index in [2.05, 4.69) is 10.1 Å². The highest BCUT2D eigenvalue weighted by Gasteiger charge is 2.39. The van der Waals surface area contributed by atoms with Crippen molar-refractivity contribution in [3.63, 3.8) is 0 Å². The van der Waals surface area contributed by atoms with Gasteiger partial charge in [-0.3, -0.25) is 9.59 Å². The second-order valence-electron chi connectivity index (χ2n) is 8.50. The quantitative estimate of drug-likeness (QED) is 0.761. The second-order valence-corrected chi connectivity index (χ2v) is 8.50. The highest BCUT2D eigenvalue weighted by atomic mass is 19.4. The molecule has 0 N–H and O–H groups in total. The normalized spacial score (nSPS) is 22.7. The Bertz CT molecular complexity index is 1000. The van der Waals surface area contributed by atoms with Crippen molar-refractivity contribution in [2.75, 3.05) is 26.7 Å². The minimum atomic E-state index is -4.55. The monoisotopic (exact) mass is 423 g/mol. The molecule has 0 bridgehead atoms. The minimum Gasteiger partial charge on any atom is -0.345 e. The summed E-state index contributed by atoms with van der Waals surface area (Å²) in [6.07, 6.45) is -3.72. The zero-order valence-corrected chi connectivity index (χ0v) is 17.1. The Kier molecular flexibility index (Phi) is 4.98. The highest BCUT2D eigenvalue weighted by molar-refractivity contribution is 5.89. The maximum Gasteiger partial charge on any atom is 0.433 e. The van der Waals surface area contributed by atoms with Gasteiger partial charge in [-0.05, 0) is 18.4 Å². The van der Waals surface area contributed by atoms with Crippen LogP contribution in [0.25, 0.3) is 5.65 Å². The number of carbonyl (C=O) groups is 2. The predicted molar refractivity (Wildman–Crippen MR) is 102 cm³/mol. The molecular weight excluding hydrogens is 399 g/mol. The third-order valence-electron chi connectivity index (χ3n) is 5.96. The summed E-state index contributed by atoms with van der Waals surface area (Å²) in [6.45, 7) is 4.88. The summed E-state index contributed by atoms with van der Waals surface area (Å²) in [7, 11) is 1.68. The lowest BCUT2D eigenvalue weighted by Gasteiger charge is -2.20. The van der Waals surface area contributed by atoms with E-state index in [1.807, 2.05) is 0 Å². The van der Waals surface area contributed by atoms with E-state index in [1.165, 1.54) is 0 Å². The average Bonchev–Trinajstić information content (AvgIpc) is 3.37. The summed E-state index contributed by atoms with van der Waals surface area (Å²) in [5, 5.41) is 4.21. The molecular formula is C20H24F3N5O2. The van der Waals surface area contributed by atoms with E-state index in [0.29, 0.717) is 37.4 Å². The van der Waals surface area contributed by atoms with E-state index in [9.17, 15) is 22.8 Å². The second kappa shape index (κ2) is 7.24. The molecule has 0 spiro atoms. The zero-order valence-electron chi connectivity index (χ0n) is 17.1. The van der Waals surface area contributed by atoms with Gasteiger partial charge in [0.15, 0.2) is 5.65 Å². The molecule has 2 amide bonds. The van der Waals surface area contributed by atoms with Crippen molar-refractivity contribution in [3.05, 3.63) is 29.2 Å². The third-order valence-corrected chi connectivity index (χ3v) is 5.96. The minimum absolute atomic E-state index is 0.0452. The van der Waals surface area contributed by atoms with E-state index in [4.69, 9.17) is 0 Å². The van der Waals surface area contributed by atoms with Crippen LogP contribution in [0.3, 0.4) is 0 Å². The Hall–Kier alpha value is -2.65. The largest absolute Gasteiger partial charge is 0.433 e. The number of rotatable bonds is 3. The number of amides is 2. The summed E-state index contributed by atoms with van der Waals surface area (Å²) in [5.41, 5.74) is 0.181. The first kappa shape index (κ1) is 20.6. The van der Waals surface area contributed by atoms with Crippen molar-refractivity contribution >= 4 is 17.5 Å². The maximum atomic E-state index is 13.6. The van der Waals surface area contributed by atoms with Crippen LogP contribution >= 0.6 is 0 Å². The number of hydrogen-bond acceptors (Lipinski definition) is 4. The molecule has 4 heterocycles. The Morgan fingerprint density at radius 3 is 2.57 bits per heavy atom. The predicted octanol–water partition coefficient (Wildman–Crippen LogP) is 2.67. The lowest BCUT2D eigenvalue weighted by molar-refractivity contribution is -0.142. The van der Waals surface area contributed by atoms with E-state index in [-0.39, 0.29) is 41.6 Å². The van der Waals surface area contributed by atoms with E-state index < -0.39 is 11.9 Å². The zero-order chi connectivity index (χ0) is 21.8. The topological polar surface area (TPSA) is 70.8 Å². The molecule has 2 unspecified atom stereocenters. The van der Waals surface area contributed by atoms with Gasteiger partial charge >= 0.3 is 6.18 Å². The first-order valence-corrected chi connectivity index (χ1v) is 10.0. The fourth-order valence-electron chi connectivity index (χ4n) is 4.20. The molecule has 7 nitrogen and oxygen atoms in total. The lowest BCUT2D eigenvalue weighted by Crippen LogP contribution is -2.35. The summed E-state index contributed by atoms with van der Waals surface area (Å²) in [5.74, 6) is -0.781. The molecule has 2 fully saturated rings. The molecule has 2 aliphatic heterocycles. The Labute approximate surface area is 171 Å². The Morgan fingerprint density at radius 2 is 1.97 bits per heavy atom. The standard InChI is InChI=1S/C20H24F3N5O2/c1-11(2)14-7-16(20(21,22)23)28-17(24-14)8-15(25-28)12-4-5-27(10-12)19(30)13-6-18(29)26(3)9-13/h7-8,11-13H,4-6,9-10H2,1-3H3. The van der Waals surface area contributed by atoms with Crippen molar-refractivity contribution in [1.29, 1.82) is 0 Å². The van der Waals surface area contributed by atoms with Crippen molar-refractivity contribution < 1.29 is 22.8 Å². The first-order chi connectivity index (χ1) is 14.0. The third kappa shape index (κ3) is 3.63. The molecule has 2 aromatic rings. The molecule has 30 heavy (non-hydrogen) atoms. The van der Waals surface area contributed by atoms with Crippen LogP contribution in [0.1, 0.15) is 55.6 Å². The number of aromatic nitrogens is 3. The van der Waals surface area contributed by atoms with Gasteiger partial charge in [0, 0.05) is 50.8 Å². The fraction of sp³-hybridized carbons (Fsp3) is 0.600. The molecule has 2 aromatic heterocycles. The fourth-order valence-corrected chi connectivity index (χ4v) is 4.20. The van der Waals surface area contributed by atoms with Gasteiger partial charge in [0.2, 0.25) is 11.8 Å². The molecule has 0 aromatic carbocycles. The van der Waals surface area contributed by atoms with Crippen molar-refractivity contribution in [2.45, 2.75) is 44.7 Å². The van der Waals surface area contributed by atoms with Crippen LogP contribution in [0, 0.1) is 5.92 Å². The van der Waals surface area contributed by atoms with Gasteiger partial charge in [0.1, 0.15) is 5.69 Å². The molecule has 0 radical (unpaired) electrons. The Morgan fingerprint density at radius 1 is 1.23 bits per heavy atom. The summed E-state index contributed by atoms with van der Waals surface area (Å²) >= 11 is 0. The molecule has 162 valence electrons. The number of alkyl halides is 3. The van der Waals surface area contributed by atoms with Crippen molar-refractivity contribution in [3.8, 4) is 0 Å². The first-order valence-electron chi connectivity index (χ1n) is 10.0. The lowest BCUT2D eigenvalue weighted by atomic mass is 10.1. The number of hydrogen-bond donors (Lipinski definition) is 0. The van der Waals surface area contributed by atoms with Gasteiger partial charge in [-0.15, -0.1) is 0 Å². The molecule has 0 saturated carbocycles. The van der Waals surface area contributed by atoms with Gasteiger partial charge in [-0.2, -0.15) is 18.3 Å². The SMILES string of the molecule is CC(C)c1cc(C(F)(F)F)n2nc(C3CCN(C(=O)C4CC(=O)N(C)C4)C3)cc2n1. The molecule has 10 heteroatoms. The number of carbonyl (C=O) groups excluding carboxylic acids is 2. The van der Waals surface area contributed by atoms with Gasteiger partial charge in [-0.1, -0.05) is 13.8 Å². The maximum absolute atomic E-state index is 13.6. The number of likely N-dealkylation sites (tertiary alicyclic amines) is 2. The molecule has 2 saturated heterocycles. The number of fused-ring (bicyclic) bond motifs is 1. The molecule has 2 atom stereocenters. The molecule has 2 aliphatic rings. The van der Waals surface area contributed by atoms with Crippen LogP contribution < -0.4 is 0 Å². The summed E-state index contributed by atoms with van der Waals surface area (Å²) in [4.78, 5) is 32.1. The van der Waals surface area contributed by atoms with E-state index in [1.54, 1.807) is 36.8 Å². The van der Waals surface area contributed by atoms with Gasteiger partial charge < -0.3 is 9.80 Å². The highest BCUT2D eigenvalue weighted by Crippen LogP contribution is 2.34. The number of nitrogens with zero attached hydrogens (tertiary/aromatic N) is 5. The Balaban J connectivity index is 1.58. The van der Waals surface area contributed by atoms with Crippen LogP contribution in [0.5, 0.6) is 0 Å². The number of halogens is 3. The van der Waals surface area contributed by atoms with Gasteiger partial charge in [0.05, 0.1) is 11.6 Å². The van der Waals surface area contributed by atoms with Crippen LogP contribution in [0.15, 0.2) is 12.1 Å². The van der Waals surface area contributed by atoms with Crippen LogP contribution in [0.4, 0.5) is 13.2 Å². The van der Waals surface area contributed by atoms with Crippen molar-refractivity contribution in [1.82, 2.24) is 24.4 Å². The van der Waals surface area contributed by atoms with Gasteiger partial charge in [0.25, 0.3) is 0 Å². The van der Waals surface area contributed by atoms with Gasteiger partial charge in [-0.25, -0.2) is 9.50 Å². The summed E-state index contributed by atoms with van der Waals surface area (Å²) < 4.78 is 41.6. The van der Waals surface area contributed by atoms with Crippen LogP contribution in [-0.4, -0.2) is 62.9 Å². The van der Waals surface area contributed by atoms with Crippen molar-refractivity contribution in [2.24, 2.45) is 5.92 Å². The molecule has 0 aliphatic carbocycles. The smallest absolute Gasteiger partial charge is 0.345 e. The van der Waals surface area contributed by atoms with E-state index in [0.717, 1.165) is 10.6 Å². The molecule has 4 rings (SSSR count). The summed E-state index contributed by atoms with van der Waals surface area (Å²) in [6, 6.07) is 2.64. The van der Waals surface area contributed by atoms with Crippen LogP contribution in [-0.2, 0) is 15.8 Å². The average molecular weight is 423 g/mol. The van der Waals surface area contributed by atoms with E-state index >= 15 is 0 Å². The van der Waals surface area contributed by atoms with Crippen LogP contribution in [0.2, 0.25) is 0 Å².